The molecule has 2 N–H and O–H groups in total. The van der Waals surface area contributed by atoms with Gasteiger partial charge in [-0.2, -0.15) is 0 Å². The molecule has 17 heavy (non-hydrogen) atoms. The summed E-state index contributed by atoms with van der Waals surface area (Å²) in [6.45, 7) is 13.5. The van der Waals surface area contributed by atoms with Gasteiger partial charge in [-0.1, -0.05) is 20.8 Å². The van der Waals surface area contributed by atoms with Crippen molar-refractivity contribution >= 4 is 11.6 Å². The van der Waals surface area contributed by atoms with Crippen molar-refractivity contribution in [2.45, 2.75) is 53.0 Å². The lowest BCUT2D eigenvalue weighted by Gasteiger charge is -2.20. The summed E-state index contributed by atoms with van der Waals surface area (Å²) < 4.78 is 0. The minimum atomic E-state index is -0.0428. The Labute approximate surface area is 104 Å². The second-order valence-corrected chi connectivity index (χ2v) is 5.54. The zero-order valence-corrected chi connectivity index (χ0v) is 11.8. The standard InChI is InChI=1S/C13H24N4/c1-7-14-10-8-11(15-9(2)3)17-12(16-10)13(4,5)6/h8-9H,7H2,1-6H3,(H2,14,15,16,17). The van der Waals surface area contributed by atoms with Crippen molar-refractivity contribution in [2.75, 3.05) is 17.2 Å². The van der Waals surface area contributed by atoms with Gasteiger partial charge >= 0.3 is 0 Å². The first-order valence-electron chi connectivity index (χ1n) is 6.23. The van der Waals surface area contributed by atoms with Gasteiger partial charge in [-0.25, -0.2) is 9.97 Å². The molecule has 0 bridgehead atoms. The molecule has 0 spiro atoms. The highest BCUT2D eigenvalue weighted by atomic mass is 15.1. The van der Waals surface area contributed by atoms with Crippen LogP contribution in [0.3, 0.4) is 0 Å². The van der Waals surface area contributed by atoms with Gasteiger partial charge in [0.25, 0.3) is 0 Å². The molecule has 0 aliphatic heterocycles. The zero-order chi connectivity index (χ0) is 13.1. The highest BCUT2D eigenvalue weighted by Crippen LogP contribution is 2.22. The van der Waals surface area contributed by atoms with Crippen LogP contribution in [0.5, 0.6) is 0 Å². The van der Waals surface area contributed by atoms with E-state index in [1.165, 1.54) is 0 Å². The van der Waals surface area contributed by atoms with E-state index in [-0.39, 0.29) is 5.41 Å². The van der Waals surface area contributed by atoms with Crippen molar-refractivity contribution in [3.05, 3.63) is 11.9 Å². The second-order valence-electron chi connectivity index (χ2n) is 5.54. The highest BCUT2D eigenvalue weighted by Gasteiger charge is 2.19. The number of aromatic nitrogens is 2. The van der Waals surface area contributed by atoms with Crippen LogP contribution in [-0.4, -0.2) is 22.6 Å². The topological polar surface area (TPSA) is 49.8 Å². The van der Waals surface area contributed by atoms with Crippen LogP contribution in [0.25, 0.3) is 0 Å². The van der Waals surface area contributed by atoms with Gasteiger partial charge in [0.2, 0.25) is 0 Å². The van der Waals surface area contributed by atoms with Gasteiger partial charge in [0.1, 0.15) is 17.5 Å². The summed E-state index contributed by atoms with van der Waals surface area (Å²) in [7, 11) is 0. The molecule has 0 aromatic carbocycles. The Morgan fingerprint density at radius 3 is 2.24 bits per heavy atom. The van der Waals surface area contributed by atoms with E-state index in [1.807, 2.05) is 6.07 Å². The predicted molar refractivity (Wildman–Crippen MR) is 73.7 cm³/mol. The first-order valence-corrected chi connectivity index (χ1v) is 6.23. The average molecular weight is 236 g/mol. The molecule has 0 unspecified atom stereocenters. The van der Waals surface area contributed by atoms with Crippen molar-refractivity contribution in [3.8, 4) is 0 Å². The van der Waals surface area contributed by atoms with E-state index < -0.39 is 0 Å². The summed E-state index contributed by atoms with van der Waals surface area (Å²) in [6.07, 6.45) is 0. The first-order chi connectivity index (χ1) is 7.82. The van der Waals surface area contributed by atoms with Crippen LogP contribution < -0.4 is 10.6 Å². The third kappa shape index (κ3) is 4.21. The van der Waals surface area contributed by atoms with Gasteiger partial charge in [-0.15, -0.1) is 0 Å². The molecule has 0 amide bonds. The van der Waals surface area contributed by atoms with E-state index in [0.717, 1.165) is 24.0 Å². The Kier molecular flexibility index (Phi) is 4.32. The van der Waals surface area contributed by atoms with E-state index in [4.69, 9.17) is 0 Å². The van der Waals surface area contributed by atoms with Gasteiger partial charge in [0.15, 0.2) is 0 Å². The molecule has 0 aliphatic rings. The fourth-order valence-electron chi connectivity index (χ4n) is 1.42. The third-order valence-corrected chi connectivity index (χ3v) is 2.19. The van der Waals surface area contributed by atoms with Crippen LogP contribution in [-0.2, 0) is 5.41 Å². The molecule has 1 rings (SSSR count). The van der Waals surface area contributed by atoms with E-state index >= 15 is 0 Å². The molecule has 0 fully saturated rings. The van der Waals surface area contributed by atoms with E-state index in [9.17, 15) is 0 Å². The van der Waals surface area contributed by atoms with Crippen molar-refractivity contribution < 1.29 is 0 Å². The molecule has 0 aliphatic carbocycles. The summed E-state index contributed by atoms with van der Waals surface area (Å²) in [4.78, 5) is 9.10. The molecule has 0 radical (unpaired) electrons. The largest absolute Gasteiger partial charge is 0.370 e. The lowest BCUT2D eigenvalue weighted by atomic mass is 9.96. The Morgan fingerprint density at radius 2 is 1.76 bits per heavy atom. The number of rotatable bonds is 4. The zero-order valence-electron chi connectivity index (χ0n) is 11.8. The smallest absolute Gasteiger partial charge is 0.138 e. The van der Waals surface area contributed by atoms with Crippen LogP contribution in [0.15, 0.2) is 6.07 Å². The Bertz CT molecular complexity index is 366. The number of hydrogen-bond acceptors (Lipinski definition) is 4. The van der Waals surface area contributed by atoms with Gasteiger partial charge in [-0.05, 0) is 20.8 Å². The van der Waals surface area contributed by atoms with Crippen molar-refractivity contribution in [2.24, 2.45) is 0 Å². The van der Waals surface area contributed by atoms with Crippen molar-refractivity contribution in [3.63, 3.8) is 0 Å². The van der Waals surface area contributed by atoms with E-state index in [0.29, 0.717) is 6.04 Å². The molecule has 1 aromatic heterocycles. The molecule has 96 valence electrons. The van der Waals surface area contributed by atoms with Crippen LogP contribution >= 0.6 is 0 Å². The van der Waals surface area contributed by atoms with Crippen LogP contribution in [0.4, 0.5) is 11.6 Å². The maximum atomic E-state index is 4.56. The molecule has 1 aromatic rings. The molecular weight excluding hydrogens is 212 g/mol. The molecule has 1 heterocycles. The van der Waals surface area contributed by atoms with Crippen LogP contribution in [0.1, 0.15) is 47.4 Å². The Balaban J connectivity index is 3.09. The monoisotopic (exact) mass is 236 g/mol. The second kappa shape index (κ2) is 5.34. The van der Waals surface area contributed by atoms with Gasteiger partial charge in [0.05, 0.1) is 0 Å². The fourth-order valence-corrected chi connectivity index (χ4v) is 1.42. The SMILES string of the molecule is CCNc1cc(NC(C)C)nc(C(C)(C)C)n1. The van der Waals surface area contributed by atoms with Crippen LogP contribution in [0, 0.1) is 0 Å². The molecule has 0 saturated heterocycles. The quantitative estimate of drug-likeness (QED) is 0.843. The summed E-state index contributed by atoms with van der Waals surface area (Å²) in [5.74, 6) is 2.63. The fraction of sp³-hybridized carbons (Fsp3) is 0.692. The summed E-state index contributed by atoms with van der Waals surface area (Å²) in [5, 5.41) is 6.57. The number of nitrogens with zero attached hydrogens (tertiary/aromatic N) is 2. The van der Waals surface area contributed by atoms with Crippen molar-refractivity contribution in [1.29, 1.82) is 0 Å². The maximum absolute atomic E-state index is 4.56. The highest BCUT2D eigenvalue weighted by molar-refractivity contribution is 5.48. The number of hydrogen-bond donors (Lipinski definition) is 2. The lowest BCUT2D eigenvalue weighted by Crippen LogP contribution is -2.20. The minimum absolute atomic E-state index is 0.0428. The number of nitrogens with one attached hydrogen (secondary N) is 2. The molecule has 0 atom stereocenters. The van der Waals surface area contributed by atoms with Crippen LogP contribution in [0.2, 0.25) is 0 Å². The van der Waals surface area contributed by atoms with Gasteiger partial charge < -0.3 is 10.6 Å². The van der Waals surface area contributed by atoms with E-state index in [2.05, 4.69) is 62.1 Å². The lowest BCUT2D eigenvalue weighted by molar-refractivity contribution is 0.546. The molecular formula is C13H24N4. The van der Waals surface area contributed by atoms with Gasteiger partial charge in [-0.3, -0.25) is 0 Å². The normalized spacial score (nSPS) is 11.7. The first kappa shape index (κ1) is 13.7. The summed E-state index contributed by atoms with van der Waals surface area (Å²) in [5.41, 5.74) is -0.0428. The average Bonchev–Trinajstić information content (AvgIpc) is 2.15. The Morgan fingerprint density at radius 1 is 1.18 bits per heavy atom. The van der Waals surface area contributed by atoms with Crippen molar-refractivity contribution in [1.82, 2.24) is 9.97 Å². The molecule has 0 saturated carbocycles. The molecule has 4 nitrogen and oxygen atoms in total. The summed E-state index contributed by atoms with van der Waals surface area (Å²) in [6, 6.07) is 2.32. The maximum Gasteiger partial charge on any atom is 0.138 e. The third-order valence-electron chi connectivity index (χ3n) is 2.19. The Hall–Kier alpha value is -1.32. The predicted octanol–water partition coefficient (Wildman–Crippen LogP) is 3.03. The summed E-state index contributed by atoms with van der Waals surface area (Å²) >= 11 is 0. The molecule has 4 heteroatoms. The minimum Gasteiger partial charge on any atom is -0.370 e. The van der Waals surface area contributed by atoms with E-state index in [1.54, 1.807) is 0 Å². The number of anilines is 2. The van der Waals surface area contributed by atoms with Gasteiger partial charge in [0, 0.05) is 24.1 Å².